The number of aliphatic hydroxyl groups excluding tert-OH is 1. The summed E-state index contributed by atoms with van der Waals surface area (Å²) in [5.41, 5.74) is 0. The van der Waals surface area contributed by atoms with Gasteiger partial charge in [0.05, 0.1) is 30.1 Å². The monoisotopic (exact) mass is 272 g/mol. The molecule has 19 heavy (non-hydrogen) atoms. The molecular weight excluding hydrogens is 256 g/mol. The standard InChI is InChI=1S/C10H16N4O5/c1-19-7-8(15)2-4-11-10(16)6-13-5-3-9(12-13)14(17)18/h3,5,8,15H,2,4,6-7H2,1H3,(H,11,16). The van der Waals surface area contributed by atoms with Crippen molar-refractivity contribution in [2.45, 2.75) is 19.1 Å². The predicted molar refractivity (Wildman–Crippen MR) is 64.4 cm³/mol. The first-order valence-corrected chi connectivity index (χ1v) is 5.64. The van der Waals surface area contributed by atoms with Gasteiger partial charge in [-0.25, -0.2) is 0 Å². The molecule has 1 rings (SSSR count). The summed E-state index contributed by atoms with van der Waals surface area (Å²) in [6.45, 7) is 0.405. The largest absolute Gasteiger partial charge is 0.391 e. The first-order chi connectivity index (χ1) is 9.02. The van der Waals surface area contributed by atoms with Gasteiger partial charge in [0, 0.05) is 13.7 Å². The summed E-state index contributed by atoms with van der Waals surface area (Å²) in [4.78, 5) is 21.2. The molecule has 9 heteroatoms. The number of nitro groups is 1. The minimum Gasteiger partial charge on any atom is -0.391 e. The Kier molecular flexibility index (Phi) is 5.90. The molecule has 0 aromatic carbocycles. The van der Waals surface area contributed by atoms with Gasteiger partial charge in [0.1, 0.15) is 6.54 Å². The van der Waals surface area contributed by atoms with Gasteiger partial charge in [-0.2, -0.15) is 4.68 Å². The summed E-state index contributed by atoms with van der Waals surface area (Å²) in [7, 11) is 1.48. The highest BCUT2D eigenvalue weighted by molar-refractivity contribution is 5.75. The fourth-order valence-corrected chi connectivity index (χ4v) is 1.39. The highest BCUT2D eigenvalue weighted by Crippen LogP contribution is 2.04. The van der Waals surface area contributed by atoms with Gasteiger partial charge < -0.3 is 25.3 Å². The number of hydrogen-bond donors (Lipinski definition) is 2. The second kappa shape index (κ2) is 7.44. The number of rotatable bonds is 8. The molecule has 1 unspecified atom stereocenters. The Labute approximate surface area is 109 Å². The van der Waals surface area contributed by atoms with Gasteiger partial charge in [0.15, 0.2) is 0 Å². The van der Waals surface area contributed by atoms with Crippen LogP contribution in [0.25, 0.3) is 0 Å². The lowest BCUT2D eigenvalue weighted by molar-refractivity contribution is -0.389. The maximum absolute atomic E-state index is 11.5. The summed E-state index contributed by atoms with van der Waals surface area (Å²) in [5.74, 6) is -0.633. The molecule has 0 spiro atoms. The van der Waals surface area contributed by atoms with Gasteiger partial charge in [-0.05, 0) is 11.3 Å². The molecule has 0 radical (unpaired) electrons. The molecule has 9 nitrogen and oxygen atoms in total. The van der Waals surface area contributed by atoms with Crippen molar-refractivity contribution < 1.29 is 19.6 Å². The van der Waals surface area contributed by atoms with E-state index in [0.29, 0.717) is 13.0 Å². The fraction of sp³-hybridized carbons (Fsp3) is 0.600. The van der Waals surface area contributed by atoms with Crippen LogP contribution in [0.1, 0.15) is 6.42 Å². The third-order valence-electron chi connectivity index (χ3n) is 2.28. The Balaban J connectivity index is 2.28. The molecule has 0 aliphatic carbocycles. The van der Waals surface area contributed by atoms with Crippen LogP contribution in [0.2, 0.25) is 0 Å². The Morgan fingerprint density at radius 1 is 1.74 bits per heavy atom. The smallest absolute Gasteiger partial charge is 0.389 e. The minimum absolute atomic E-state index is 0.103. The van der Waals surface area contributed by atoms with Crippen LogP contribution < -0.4 is 5.32 Å². The molecule has 1 amide bonds. The molecule has 0 aliphatic rings. The molecule has 2 N–H and O–H groups in total. The van der Waals surface area contributed by atoms with Crippen LogP contribution in [-0.4, -0.2) is 52.1 Å². The first-order valence-electron chi connectivity index (χ1n) is 5.64. The van der Waals surface area contributed by atoms with Crippen molar-refractivity contribution in [3.8, 4) is 0 Å². The van der Waals surface area contributed by atoms with Gasteiger partial charge in [0.25, 0.3) is 0 Å². The van der Waals surface area contributed by atoms with Crippen molar-refractivity contribution in [3.05, 3.63) is 22.4 Å². The van der Waals surface area contributed by atoms with E-state index in [0.717, 1.165) is 0 Å². The van der Waals surface area contributed by atoms with Crippen molar-refractivity contribution >= 4 is 11.7 Å². The average Bonchev–Trinajstić information content (AvgIpc) is 2.78. The van der Waals surface area contributed by atoms with E-state index in [1.807, 2.05) is 0 Å². The number of aliphatic hydroxyl groups is 1. The minimum atomic E-state index is -0.629. The fourth-order valence-electron chi connectivity index (χ4n) is 1.39. The number of aromatic nitrogens is 2. The van der Waals surface area contributed by atoms with Crippen molar-refractivity contribution in [2.75, 3.05) is 20.3 Å². The summed E-state index contributed by atoms with van der Waals surface area (Å²) in [5, 5.41) is 25.9. The number of carbonyl (C=O) groups is 1. The van der Waals surface area contributed by atoms with E-state index in [9.17, 15) is 20.0 Å². The quantitative estimate of drug-likeness (QED) is 0.477. The highest BCUT2D eigenvalue weighted by atomic mass is 16.6. The Morgan fingerprint density at radius 3 is 3.05 bits per heavy atom. The third kappa shape index (κ3) is 5.44. The lowest BCUT2D eigenvalue weighted by Crippen LogP contribution is -2.31. The number of hydrogen-bond acceptors (Lipinski definition) is 6. The van der Waals surface area contributed by atoms with E-state index < -0.39 is 11.0 Å². The lowest BCUT2D eigenvalue weighted by Gasteiger charge is -2.09. The van der Waals surface area contributed by atoms with Gasteiger partial charge in [-0.15, -0.1) is 0 Å². The molecule has 1 heterocycles. The van der Waals surface area contributed by atoms with Crippen LogP contribution >= 0.6 is 0 Å². The molecule has 0 saturated carbocycles. The van der Waals surface area contributed by atoms with Crippen molar-refractivity contribution in [2.24, 2.45) is 0 Å². The van der Waals surface area contributed by atoms with Gasteiger partial charge in [-0.1, -0.05) is 0 Å². The van der Waals surface area contributed by atoms with E-state index in [1.54, 1.807) is 0 Å². The topological polar surface area (TPSA) is 120 Å². The Morgan fingerprint density at radius 2 is 2.47 bits per heavy atom. The number of ether oxygens (including phenoxy) is 1. The molecule has 1 aromatic rings. The molecule has 0 saturated heterocycles. The maximum Gasteiger partial charge on any atom is 0.389 e. The van der Waals surface area contributed by atoms with E-state index >= 15 is 0 Å². The van der Waals surface area contributed by atoms with Gasteiger partial charge in [-0.3, -0.25) is 4.79 Å². The van der Waals surface area contributed by atoms with E-state index in [4.69, 9.17) is 4.74 Å². The second-order valence-electron chi connectivity index (χ2n) is 3.88. The van der Waals surface area contributed by atoms with E-state index in [2.05, 4.69) is 10.4 Å². The summed E-state index contributed by atoms with van der Waals surface area (Å²) < 4.78 is 5.92. The molecule has 0 fully saturated rings. The first kappa shape index (κ1) is 15.1. The van der Waals surface area contributed by atoms with Crippen molar-refractivity contribution in [1.82, 2.24) is 15.1 Å². The third-order valence-corrected chi connectivity index (χ3v) is 2.28. The number of nitrogens with one attached hydrogen (secondary N) is 1. The van der Waals surface area contributed by atoms with Crippen LogP contribution in [0.5, 0.6) is 0 Å². The molecule has 1 atom stereocenters. The molecule has 1 aromatic heterocycles. The predicted octanol–water partition coefficient (Wildman–Crippen LogP) is -0.695. The van der Waals surface area contributed by atoms with Crippen LogP contribution in [-0.2, 0) is 16.1 Å². The van der Waals surface area contributed by atoms with Crippen molar-refractivity contribution in [3.63, 3.8) is 0 Å². The van der Waals surface area contributed by atoms with Crippen molar-refractivity contribution in [1.29, 1.82) is 0 Å². The van der Waals surface area contributed by atoms with Crippen LogP contribution in [0.3, 0.4) is 0 Å². The maximum atomic E-state index is 11.5. The lowest BCUT2D eigenvalue weighted by atomic mass is 10.2. The summed E-state index contributed by atoms with van der Waals surface area (Å²) in [6.07, 6.45) is 1.10. The zero-order chi connectivity index (χ0) is 14.3. The van der Waals surface area contributed by atoms with E-state index in [-0.39, 0.29) is 24.9 Å². The summed E-state index contributed by atoms with van der Waals surface area (Å²) in [6, 6.07) is 1.22. The normalized spacial score (nSPS) is 12.1. The Bertz CT molecular complexity index is 433. The van der Waals surface area contributed by atoms with Gasteiger partial charge in [0.2, 0.25) is 5.91 Å². The van der Waals surface area contributed by atoms with Gasteiger partial charge >= 0.3 is 5.82 Å². The van der Waals surface area contributed by atoms with Crippen LogP contribution in [0.4, 0.5) is 5.82 Å². The number of amides is 1. The van der Waals surface area contributed by atoms with E-state index in [1.165, 1.54) is 24.1 Å². The molecular formula is C10H16N4O5. The Hall–Kier alpha value is -2.00. The zero-order valence-corrected chi connectivity index (χ0v) is 10.5. The number of carbonyl (C=O) groups excluding carboxylic acids is 1. The number of nitrogens with zero attached hydrogens (tertiary/aromatic N) is 3. The molecule has 0 aliphatic heterocycles. The van der Waals surface area contributed by atoms with Crippen LogP contribution in [0.15, 0.2) is 12.3 Å². The SMILES string of the molecule is COCC(O)CCNC(=O)Cn1ccc([N+](=O)[O-])n1. The molecule has 106 valence electrons. The average molecular weight is 272 g/mol. The molecule has 0 bridgehead atoms. The zero-order valence-electron chi connectivity index (χ0n) is 10.5. The highest BCUT2D eigenvalue weighted by Gasteiger charge is 2.13. The summed E-state index contributed by atoms with van der Waals surface area (Å²) >= 11 is 0. The number of methoxy groups -OCH3 is 1. The van der Waals surface area contributed by atoms with Crippen LogP contribution in [0, 0.1) is 10.1 Å². The second-order valence-corrected chi connectivity index (χ2v) is 3.88.